The van der Waals surface area contributed by atoms with Gasteiger partial charge in [-0.1, -0.05) is 30.3 Å². The molecule has 1 aliphatic heterocycles. The molecule has 6 heteroatoms. The summed E-state index contributed by atoms with van der Waals surface area (Å²) in [5, 5.41) is 18.0. The summed E-state index contributed by atoms with van der Waals surface area (Å²) in [4.78, 5) is 10.9. The van der Waals surface area contributed by atoms with Crippen LogP contribution in [0.2, 0.25) is 0 Å². The van der Waals surface area contributed by atoms with Gasteiger partial charge in [-0.15, -0.1) is 0 Å². The molecule has 0 fully saturated rings. The number of benzene rings is 3. The van der Waals surface area contributed by atoms with Crippen LogP contribution in [0.3, 0.4) is 0 Å². The molecule has 0 radical (unpaired) electrons. The van der Waals surface area contributed by atoms with E-state index in [1.807, 2.05) is 65.7 Å². The van der Waals surface area contributed by atoms with Crippen LogP contribution in [0.1, 0.15) is 23.6 Å². The van der Waals surface area contributed by atoms with Gasteiger partial charge in [-0.05, 0) is 47.5 Å². The molecular formula is C22H19N3O3. The van der Waals surface area contributed by atoms with Gasteiger partial charge in [-0.3, -0.25) is 15.1 Å². The maximum absolute atomic E-state index is 11.2. The first kappa shape index (κ1) is 17.7. The Bertz CT molecular complexity index is 1020. The van der Waals surface area contributed by atoms with Crippen molar-refractivity contribution in [2.24, 2.45) is 5.10 Å². The number of hydrogen-bond acceptors (Lipinski definition) is 5. The second-order valence-electron chi connectivity index (χ2n) is 6.53. The fraction of sp³-hybridized carbons (Fsp3) is 0.136. The molecule has 0 aliphatic carbocycles. The highest BCUT2D eigenvalue weighted by atomic mass is 16.6. The molecule has 28 heavy (non-hydrogen) atoms. The van der Waals surface area contributed by atoms with Crippen molar-refractivity contribution in [2.75, 3.05) is 12.1 Å². The number of nitro benzene ring substituents is 1. The molecule has 0 aromatic heterocycles. The number of para-hydroxylation sites is 1. The third kappa shape index (κ3) is 3.44. The number of rotatable bonds is 5. The van der Waals surface area contributed by atoms with Gasteiger partial charge in [0.05, 0.1) is 29.5 Å². The van der Waals surface area contributed by atoms with E-state index in [0.717, 1.165) is 28.3 Å². The van der Waals surface area contributed by atoms with E-state index < -0.39 is 0 Å². The van der Waals surface area contributed by atoms with Crippen LogP contribution in [-0.4, -0.2) is 17.7 Å². The number of hydrazone groups is 1. The average Bonchev–Trinajstić information content (AvgIpc) is 3.20. The Balaban J connectivity index is 1.73. The van der Waals surface area contributed by atoms with Crippen LogP contribution in [0.15, 0.2) is 84.0 Å². The second-order valence-corrected chi connectivity index (χ2v) is 6.53. The Kier molecular flexibility index (Phi) is 4.76. The van der Waals surface area contributed by atoms with Gasteiger partial charge in [0.1, 0.15) is 5.75 Å². The van der Waals surface area contributed by atoms with Gasteiger partial charge in [0, 0.05) is 18.6 Å². The van der Waals surface area contributed by atoms with E-state index in [2.05, 4.69) is 0 Å². The summed E-state index contributed by atoms with van der Waals surface area (Å²) >= 11 is 0. The number of nitro groups is 1. The Morgan fingerprint density at radius 3 is 2.46 bits per heavy atom. The van der Waals surface area contributed by atoms with Crippen molar-refractivity contribution in [1.29, 1.82) is 0 Å². The van der Waals surface area contributed by atoms with Gasteiger partial charge in [0.2, 0.25) is 0 Å². The number of methoxy groups -OCH3 is 1. The highest BCUT2D eigenvalue weighted by Crippen LogP contribution is 2.37. The lowest BCUT2D eigenvalue weighted by Crippen LogP contribution is -2.18. The summed E-state index contributed by atoms with van der Waals surface area (Å²) in [6.45, 7) is 0. The van der Waals surface area contributed by atoms with Crippen LogP contribution >= 0.6 is 0 Å². The summed E-state index contributed by atoms with van der Waals surface area (Å²) < 4.78 is 5.23. The van der Waals surface area contributed by atoms with Crippen LogP contribution in [0.4, 0.5) is 11.4 Å². The van der Waals surface area contributed by atoms with Crippen molar-refractivity contribution in [3.05, 3.63) is 100 Å². The Hall–Kier alpha value is -3.67. The maximum atomic E-state index is 11.2. The van der Waals surface area contributed by atoms with E-state index in [1.54, 1.807) is 19.2 Å². The molecule has 0 bridgehead atoms. The molecule has 0 spiro atoms. The molecule has 1 atom stereocenters. The van der Waals surface area contributed by atoms with E-state index in [9.17, 15) is 10.1 Å². The molecule has 0 saturated heterocycles. The summed E-state index contributed by atoms with van der Waals surface area (Å²) in [7, 11) is 1.64. The predicted octanol–water partition coefficient (Wildman–Crippen LogP) is 4.96. The van der Waals surface area contributed by atoms with Crippen molar-refractivity contribution in [2.45, 2.75) is 12.5 Å². The standard InChI is InChI=1S/C22H19N3O3/c1-28-20-12-10-16(11-13-20)21-15-22(17-6-5-9-19(14-17)25(26)27)24(23-21)18-7-3-2-4-8-18/h2-14,22H,15H2,1H3. The van der Waals surface area contributed by atoms with Gasteiger partial charge in [0.25, 0.3) is 5.69 Å². The van der Waals surface area contributed by atoms with Crippen LogP contribution in [0.25, 0.3) is 0 Å². The van der Waals surface area contributed by atoms with Crippen LogP contribution in [0, 0.1) is 10.1 Å². The molecule has 3 aromatic carbocycles. The number of nitrogens with zero attached hydrogens (tertiary/aromatic N) is 3. The lowest BCUT2D eigenvalue weighted by molar-refractivity contribution is -0.384. The normalized spacial score (nSPS) is 16.0. The fourth-order valence-corrected chi connectivity index (χ4v) is 3.39. The van der Waals surface area contributed by atoms with Gasteiger partial charge in [-0.25, -0.2) is 0 Å². The third-order valence-electron chi connectivity index (χ3n) is 4.82. The topological polar surface area (TPSA) is 68.0 Å². The molecule has 1 heterocycles. The molecule has 1 unspecified atom stereocenters. The van der Waals surface area contributed by atoms with Crippen LogP contribution < -0.4 is 9.75 Å². The van der Waals surface area contributed by atoms with Crippen molar-refractivity contribution in [3.8, 4) is 5.75 Å². The van der Waals surface area contributed by atoms with Gasteiger partial charge in [-0.2, -0.15) is 5.10 Å². The third-order valence-corrected chi connectivity index (χ3v) is 4.82. The van der Waals surface area contributed by atoms with Gasteiger partial charge < -0.3 is 4.74 Å². The minimum absolute atomic E-state index is 0.0865. The quantitative estimate of drug-likeness (QED) is 0.468. The zero-order chi connectivity index (χ0) is 19.5. The molecule has 0 saturated carbocycles. The highest BCUT2D eigenvalue weighted by Gasteiger charge is 2.30. The smallest absolute Gasteiger partial charge is 0.269 e. The minimum Gasteiger partial charge on any atom is -0.497 e. The second kappa shape index (κ2) is 7.52. The highest BCUT2D eigenvalue weighted by molar-refractivity contribution is 6.03. The van der Waals surface area contributed by atoms with E-state index >= 15 is 0 Å². The first-order valence-electron chi connectivity index (χ1n) is 8.96. The first-order chi connectivity index (χ1) is 13.7. The molecule has 6 nitrogen and oxygen atoms in total. The number of anilines is 1. The molecule has 0 N–H and O–H groups in total. The zero-order valence-electron chi connectivity index (χ0n) is 15.4. The van der Waals surface area contributed by atoms with Crippen molar-refractivity contribution < 1.29 is 9.66 Å². The monoisotopic (exact) mass is 373 g/mol. The van der Waals surface area contributed by atoms with E-state index in [-0.39, 0.29) is 16.7 Å². The summed E-state index contributed by atoms with van der Waals surface area (Å²) in [5.41, 5.74) is 3.84. The van der Waals surface area contributed by atoms with E-state index in [1.165, 1.54) is 6.07 Å². The van der Waals surface area contributed by atoms with Crippen LogP contribution in [-0.2, 0) is 0 Å². The molecule has 3 aromatic rings. The first-order valence-corrected chi connectivity index (χ1v) is 8.96. The number of hydrogen-bond donors (Lipinski definition) is 0. The summed E-state index contributed by atoms with van der Waals surface area (Å²) in [5.74, 6) is 0.789. The minimum atomic E-state index is -0.365. The predicted molar refractivity (Wildman–Crippen MR) is 109 cm³/mol. The zero-order valence-corrected chi connectivity index (χ0v) is 15.4. The number of ether oxygens (including phenoxy) is 1. The van der Waals surface area contributed by atoms with E-state index in [0.29, 0.717) is 6.42 Å². The van der Waals surface area contributed by atoms with Gasteiger partial charge in [0.15, 0.2) is 0 Å². The molecule has 1 aliphatic rings. The fourth-order valence-electron chi connectivity index (χ4n) is 3.39. The maximum Gasteiger partial charge on any atom is 0.269 e. The Labute approximate surface area is 162 Å². The van der Waals surface area contributed by atoms with E-state index in [4.69, 9.17) is 9.84 Å². The lowest BCUT2D eigenvalue weighted by Gasteiger charge is -2.23. The molecule has 140 valence electrons. The lowest BCUT2D eigenvalue weighted by atomic mass is 9.97. The Morgan fingerprint density at radius 1 is 1.04 bits per heavy atom. The number of non-ortho nitro benzene ring substituents is 1. The summed E-state index contributed by atoms with van der Waals surface area (Å²) in [6, 6.07) is 24.3. The van der Waals surface area contributed by atoms with Crippen molar-refractivity contribution in [1.82, 2.24) is 0 Å². The largest absolute Gasteiger partial charge is 0.497 e. The Morgan fingerprint density at radius 2 is 1.79 bits per heavy atom. The average molecular weight is 373 g/mol. The molecular weight excluding hydrogens is 354 g/mol. The van der Waals surface area contributed by atoms with Crippen molar-refractivity contribution >= 4 is 17.1 Å². The van der Waals surface area contributed by atoms with Crippen LogP contribution in [0.5, 0.6) is 5.75 Å². The van der Waals surface area contributed by atoms with Gasteiger partial charge >= 0.3 is 0 Å². The summed E-state index contributed by atoms with van der Waals surface area (Å²) in [6.07, 6.45) is 0.655. The van der Waals surface area contributed by atoms with Crippen molar-refractivity contribution in [3.63, 3.8) is 0 Å². The molecule has 0 amide bonds. The SMILES string of the molecule is COc1ccc(C2=NN(c3ccccc3)C(c3cccc([N+](=O)[O-])c3)C2)cc1. The molecule has 4 rings (SSSR count).